The van der Waals surface area contributed by atoms with Crippen LogP contribution in [0.3, 0.4) is 0 Å². The Hall–Kier alpha value is -3.07. The van der Waals surface area contributed by atoms with Gasteiger partial charge in [0, 0.05) is 19.2 Å². The van der Waals surface area contributed by atoms with Gasteiger partial charge in [0.1, 0.15) is 23.5 Å². The second-order valence-electron chi connectivity index (χ2n) is 10.3. The molecule has 1 aliphatic carbocycles. The third-order valence-electron chi connectivity index (χ3n) is 7.63. The molecule has 1 aromatic heterocycles. The minimum absolute atomic E-state index is 0.0110. The van der Waals surface area contributed by atoms with E-state index in [1.807, 2.05) is 17.9 Å². The number of hydrogen-bond acceptors (Lipinski definition) is 6. The Kier molecular flexibility index (Phi) is 9.08. The number of hydrogen-bond donors (Lipinski definition) is 3. The molecule has 2 amide bonds. The van der Waals surface area contributed by atoms with Crippen LogP contribution in [0.25, 0.3) is 0 Å². The Morgan fingerprint density at radius 2 is 1.81 bits per heavy atom. The smallest absolute Gasteiger partial charge is 0.246 e. The number of halogens is 1. The molecule has 2 aromatic rings. The number of rotatable bonds is 9. The maximum absolute atomic E-state index is 14.0. The molecule has 3 atom stereocenters. The number of anilines is 1. The molecule has 1 saturated carbocycles. The number of aryl methyl sites for hydroxylation is 1. The molecule has 1 aromatic carbocycles. The van der Waals surface area contributed by atoms with E-state index in [1.165, 1.54) is 18.6 Å². The summed E-state index contributed by atoms with van der Waals surface area (Å²) in [6, 6.07) is 7.21. The first kappa shape index (κ1) is 27.0. The summed E-state index contributed by atoms with van der Waals surface area (Å²) in [6.07, 6.45) is 6.96. The highest BCUT2D eigenvalue weighted by Crippen LogP contribution is 2.35. The van der Waals surface area contributed by atoms with Crippen LogP contribution >= 0.6 is 0 Å². The average Bonchev–Trinajstić information content (AvgIpc) is 3.41. The lowest BCUT2D eigenvalue weighted by Crippen LogP contribution is -2.55. The Morgan fingerprint density at radius 3 is 2.51 bits per heavy atom. The van der Waals surface area contributed by atoms with Crippen molar-refractivity contribution in [1.82, 2.24) is 25.5 Å². The molecule has 0 bridgehead atoms. The van der Waals surface area contributed by atoms with Crippen molar-refractivity contribution in [2.75, 3.05) is 18.9 Å². The van der Waals surface area contributed by atoms with Crippen molar-refractivity contribution in [3.05, 3.63) is 53.2 Å². The van der Waals surface area contributed by atoms with Crippen LogP contribution in [0.4, 0.5) is 10.2 Å². The number of likely N-dealkylation sites (N-methyl/N-ethyl adjacent to an activating group) is 1. The zero-order chi connectivity index (χ0) is 26.4. The number of aromatic nitrogens is 2. The van der Waals surface area contributed by atoms with Gasteiger partial charge in [-0.25, -0.2) is 14.4 Å². The molecular formula is C28H39FN6O2. The highest BCUT2D eigenvalue weighted by molar-refractivity contribution is 5.90. The Labute approximate surface area is 218 Å². The van der Waals surface area contributed by atoms with Gasteiger partial charge < -0.3 is 20.9 Å². The highest BCUT2D eigenvalue weighted by Gasteiger charge is 2.39. The summed E-state index contributed by atoms with van der Waals surface area (Å²) in [5.41, 5.74) is 1.75. The van der Waals surface area contributed by atoms with E-state index in [-0.39, 0.29) is 35.6 Å². The van der Waals surface area contributed by atoms with Gasteiger partial charge in [-0.3, -0.25) is 9.59 Å². The first-order valence-electron chi connectivity index (χ1n) is 13.5. The molecule has 37 heavy (non-hydrogen) atoms. The van der Waals surface area contributed by atoms with Gasteiger partial charge in [-0.05, 0) is 70.2 Å². The van der Waals surface area contributed by atoms with Crippen molar-refractivity contribution in [2.45, 2.75) is 83.5 Å². The first-order chi connectivity index (χ1) is 17.9. The first-order valence-corrected chi connectivity index (χ1v) is 13.5. The molecule has 9 heteroatoms. The lowest BCUT2D eigenvalue weighted by molar-refractivity contribution is -0.139. The van der Waals surface area contributed by atoms with Crippen LogP contribution in [0.2, 0.25) is 0 Å². The molecule has 0 unspecified atom stereocenters. The van der Waals surface area contributed by atoms with Gasteiger partial charge in [0.15, 0.2) is 0 Å². The maximum Gasteiger partial charge on any atom is 0.246 e. The second-order valence-corrected chi connectivity index (χ2v) is 10.3. The number of amides is 2. The third-order valence-corrected chi connectivity index (χ3v) is 7.63. The SMILES string of the molecule is CN[C@@H](C)C(=O)N[C@H](C(=O)N1CCC[C@H]1c1cc(NCc2ccc(F)cc2)nc(C)n1)C1CCCCC1. The zero-order valence-electron chi connectivity index (χ0n) is 22.1. The summed E-state index contributed by atoms with van der Waals surface area (Å²) in [6.45, 7) is 4.80. The Bertz CT molecular complexity index is 1070. The number of carbonyl (C=O) groups is 2. The molecule has 2 fully saturated rings. The molecule has 0 radical (unpaired) electrons. The second kappa shape index (κ2) is 12.4. The summed E-state index contributed by atoms with van der Waals surface area (Å²) < 4.78 is 13.2. The minimum atomic E-state index is -0.525. The molecule has 1 aliphatic heterocycles. The summed E-state index contributed by atoms with van der Waals surface area (Å²) in [5, 5.41) is 9.37. The lowest BCUT2D eigenvalue weighted by Gasteiger charge is -2.35. The number of nitrogens with zero attached hydrogens (tertiary/aromatic N) is 3. The number of nitrogens with one attached hydrogen (secondary N) is 3. The van der Waals surface area contributed by atoms with E-state index in [1.54, 1.807) is 26.1 Å². The molecule has 0 spiro atoms. The molecule has 2 heterocycles. The maximum atomic E-state index is 14.0. The van der Waals surface area contributed by atoms with Crippen molar-refractivity contribution in [1.29, 1.82) is 0 Å². The van der Waals surface area contributed by atoms with Crippen molar-refractivity contribution >= 4 is 17.6 Å². The fraction of sp³-hybridized carbons (Fsp3) is 0.571. The molecule has 4 rings (SSSR count). The largest absolute Gasteiger partial charge is 0.366 e. The quantitative estimate of drug-likeness (QED) is 0.474. The topological polar surface area (TPSA) is 99.2 Å². The zero-order valence-corrected chi connectivity index (χ0v) is 22.1. The van der Waals surface area contributed by atoms with E-state index in [0.29, 0.717) is 24.7 Å². The Balaban J connectivity index is 1.52. The van der Waals surface area contributed by atoms with Crippen molar-refractivity contribution in [3.8, 4) is 0 Å². The van der Waals surface area contributed by atoms with Gasteiger partial charge in [0.25, 0.3) is 0 Å². The number of likely N-dealkylation sites (tertiary alicyclic amines) is 1. The molecule has 3 N–H and O–H groups in total. The van der Waals surface area contributed by atoms with E-state index in [9.17, 15) is 14.0 Å². The van der Waals surface area contributed by atoms with Crippen molar-refractivity contribution < 1.29 is 14.0 Å². The molecule has 8 nitrogen and oxygen atoms in total. The van der Waals surface area contributed by atoms with Crippen LogP contribution in [0.1, 0.15) is 75.0 Å². The standard InChI is InChI=1S/C28H39FN6O2/c1-18(30-3)27(36)34-26(21-8-5-4-6-9-21)28(37)35-15-7-10-24(35)23-16-25(33-19(2)32-23)31-17-20-11-13-22(29)14-12-20/h11-14,16,18,21,24,26,30H,4-10,15,17H2,1-3H3,(H,34,36)(H,31,32,33)/t18-,24-,26-/m0/s1. The Morgan fingerprint density at radius 1 is 1.08 bits per heavy atom. The van der Waals surface area contributed by atoms with Crippen LogP contribution < -0.4 is 16.0 Å². The van der Waals surface area contributed by atoms with Gasteiger partial charge in [0.2, 0.25) is 11.8 Å². The predicted molar refractivity (Wildman–Crippen MR) is 141 cm³/mol. The summed E-state index contributed by atoms with van der Waals surface area (Å²) in [5.74, 6) is 1.02. The summed E-state index contributed by atoms with van der Waals surface area (Å²) in [4.78, 5) is 37.9. The van der Waals surface area contributed by atoms with Gasteiger partial charge in [-0.15, -0.1) is 0 Å². The molecular weight excluding hydrogens is 471 g/mol. The summed E-state index contributed by atoms with van der Waals surface area (Å²) in [7, 11) is 1.75. The van der Waals surface area contributed by atoms with Crippen LogP contribution in [0, 0.1) is 18.7 Å². The van der Waals surface area contributed by atoms with E-state index in [2.05, 4.69) is 20.9 Å². The van der Waals surface area contributed by atoms with Crippen LogP contribution in [-0.4, -0.2) is 52.4 Å². The van der Waals surface area contributed by atoms with E-state index >= 15 is 0 Å². The number of carbonyl (C=O) groups excluding carboxylic acids is 2. The fourth-order valence-electron chi connectivity index (χ4n) is 5.42. The van der Waals surface area contributed by atoms with Crippen LogP contribution in [0.15, 0.2) is 30.3 Å². The van der Waals surface area contributed by atoms with Gasteiger partial charge in [0.05, 0.1) is 17.8 Å². The highest BCUT2D eigenvalue weighted by atomic mass is 19.1. The van der Waals surface area contributed by atoms with Crippen LogP contribution in [-0.2, 0) is 16.1 Å². The molecule has 200 valence electrons. The van der Waals surface area contributed by atoms with Crippen LogP contribution in [0.5, 0.6) is 0 Å². The van der Waals surface area contributed by atoms with Gasteiger partial charge in [-0.2, -0.15) is 0 Å². The predicted octanol–water partition coefficient (Wildman–Crippen LogP) is 3.87. The van der Waals surface area contributed by atoms with Crippen molar-refractivity contribution in [2.24, 2.45) is 5.92 Å². The normalized spacial score (nSPS) is 19.9. The average molecular weight is 511 g/mol. The van der Waals surface area contributed by atoms with Gasteiger partial charge >= 0.3 is 0 Å². The number of benzene rings is 1. The van der Waals surface area contributed by atoms with Crippen molar-refractivity contribution in [3.63, 3.8) is 0 Å². The van der Waals surface area contributed by atoms with E-state index in [0.717, 1.165) is 49.8 Å². The minimum Gasteiger partial charge on any atom is -0.366 e. The fourth-order valence-corrected chi connectivity index (χ4v) is 5.42. The van der Waals surface area contributed by atoms with E-state index < -0.39 is 6.04 Å². The summed E-state index contributed by atoms with van der Waals surface area (Å²) >= 11 is 0. The third kappa shape index (κ3) is 6.83. The van der Waals surface area contributed by atoms with E-state index in [4.69, 9.17) is 4.98 Å². The molecule has 2 aliphatic rings. The molecule has 1 saturated heterocycles. The lowest BCUT2D eigenvalue weighted by atomic mass is 9.83. The monoisotopic (exact) mass is 510 g/mol. The van der Waals surface area contributed by atoms with Gasteiger partial charge in [-0.1, -0.05) is 31.4 Å².